The first-order valence-corrected chi connectivity index (χ1v) is 7.06. The van der Waals surface area contributed by atoms with Gasteiger partial charge >= 0.3 is 17.3 Å². The number of rotatable bonds is 3. The van der Waals surface area contributed by atoms with Crippen LogP contribution in [0.1, 0.15) is 15.9 Å². The Bertz CT molecular complexity index is 1070. The molecule has 0 spiro atoms. The van der Waals surface area contributed by atoms with Crippen LogP contribution in [-0.2, 0) is 0 Å². The van der Waals surface area contributed by atoms with Gasteiger partial charge in [-0.2, -0.15) is 4.39 Å². The predicted octanol–water partition coefficient (Wildman–Crippen LogP) is 3.37. The van der Waals surface area contributed by atoms with Gasteiger partial charge in [0.05, 0.1) is 10.5 Å². The van der Waals surface area contributed by atoms with Gasteiger partial charge in [0.25, 0.3) is 0 Å². The molecule has 0 aliphatic rings. The minimum atomic E-state index is -1.13. The number of carbonyl (C=O) groups excluding carboxylic acids is 1. The molecule has 0 unspecified atom stereocenters. The zero-order chi connectivity index (χ0) is 18.1. The van der Waals surface area contributed by atoms with Crippen LogP contribution in [0, 0.1) is 22.9 Å². The smallest absolute Gasteiger partial charge is 0.343 e. The molecule has 0 saturated heterocycles. The van der Waals surface area contributed by atoms with Gasteiger partial charge in [0.1, 0.15) is 11.3 Å². The van der Waals surface area contributed by atoms with Gasteiger partial charge in [0.2, 0.25) is 5.82 Å². The highest BCUT2D eigenvalue weighted by Crippen LogP contribution is 2.24. The summed E-state index contributed by atoms with van der Waals surface area (Å²) in [7, 11) is 0. The van der Waals surface area contributed by atoms with Gasteiger partial charge in [-0.15, -0.1) is 0 Å². The van der Waals surface area contributed by atoms with Gasteiger partial charge < -0.3 is 9.15 Å². The van der Waals surface area contributed by atoms with Crippen LogP contribution in [0.5, 0.6) is 5.75 Å². The fourth-order valence-corrected chi connectivity index (χ4v) is 2.31. The monoisotopic (exact) mass is 343 g/mol. The van der Waals surface area contributed by atoms with Crippen LogP contribution in [0.4, 0.5) is 10.1 Å². The summed E-state index contributed by atoms with van der Waals surface area (Å²) in [6.45, 7) is 1.70. The number of hydrogen-bond donors (Lipinski definition) is 0. The number of halogens is 1. The summed E-state index contributed by atoms with van der Waals surface area (Å²) < 4.78 is 23.8. The van der Waals surface area contributed by atoms with Crippen molar-refractivity contribution in [1.82, 2.24) is 0 Å². The molecular weight excluding hydrogens is 333 g/mol. The number of nitro groups is 1. The Hall–Kier alpha value is -3.55. The number of esters is 1. The minimum Gasteiger partial charge on any atom is -0.423 e. The number of nitrogens with zero attached hydrogens (tertiary/aromatic N) is 1. The number of aryl methyl sites for hydroxylation is 1. The zero-order valence-electron chi connectivity index (χ0n) is 12.8. The molecular formula is C17H10FNO6. The number of ether oxygens (including phenoxy) is 1. The summed E-state index contributed by atoms with van der Waals surface area (Å²) >= 11 is 0. The van der Waals surface area contributed by atoms with E-state index < -0.39 is 28.0 Å². The van der Waals surface area contributed by atoms with Crippen LogP contribution in [0.25, 0.3) is 11.0 Å². The Morgan fingerprint density at radius 3 is 2.64 bits per heavy atom. The normalized spacial score (nSPS) is 10.6. The highest BCUT2D eigenvalue weighted by Gasteiger charge is 2.18. The van der Waals surface area contributed by atoms with E-state index in [1.54, 1.807) is 6.92 Å². The van der Waals surface area contributed by atoms with Gasteiger partial charge in [-0.3, -0.25) is 10.1 Å². The SMILES string of the molecule is Cc1cc(=O)oc2ccc(OC(=O)c3ccc([N+](=O)[O-])c(F)c3)cc12. The Kier molecular flexibility index (Phi) is 4.02. The van der Waals surface area contributed by atoms with Crippen LogP contribution in [0.15, 0.2) is 51.7 Å². The van der Waals surface area contributed by atoms with Crippen molar-refractivity contribution in [1.29, 1.82) is 0 Å². The molecule has 0 atom stereocenters. The first kappa shape index (κ1) is 16.3. The van der Waals surface area contributed by atoms with Gasteiger partial charge in [-0.05, 0) is 42.8 Å². The Labute approximate surface area is 139 Å². The molecule has 126 valence electrons. The van der Waals surface area contributed by atoms with Crippen molar-refractivity contribution >= 4 is 22.6 Å². The maximum absolute atomic E-state index is 13.6. The molecule has 3 rings (SSSR count). The lowest BCUT2D eigenvalue weighted by Gasteiger charge is -2.06. The molecule has 8 heteroatoms. The van der Waals surface area contributed by atoms with E-state index in [2.05, 4.69) is 0 Å². The van der Waals surface area contributed by atoms with Gasteiger partial charge in [0.15, 0.2) is 0 Å². The Morgan fingerprint density at radius 2 is 1.96 bits per heavy atom. The Morgan fingerprint density at radius 1 is 1.20 bits per heavy atom. The van der Waals surface area contributed by atoms with Crippen molar-refractivity contribution in [2.75, 3.05) is 0 Å². The van der Waals surface area contributed by atoms with Crippen LogP contribution in [-0.4, -0.2) is 10.9 Å². The van der Waals surface area contributed by atoms with E-state index in [-0.39, 0.29) is 11.3 Å². The third-order valence-corrected chi connectivity index (χ3v) is 3.51. The lowest BCUT2D eigenvalue weighted by Crippen LogP contribution is -2.09. The lowest BCUT2D eigenvalue weighted by atomic mass is 10.1. The fraction of sp³-hybridized carbons (Fsp3) is 0.0588. The molecule has 7 nitrogen and oxygen atoms in total. The van der Waals surface area contributed by atoms with Crippen molar-refractivity contribution in [3.63, 3.8) is 0 Å². The van der Waals surface area contributed by atoms with E-state index in [0.717, 1.165) is 18.2 Å². The molecule has 0 aliphatic carbocycles. The number of hydrogen-bond acceptors (Lipinski definition) is 6. The van der Waals surface area contributed by atoms with Crippen molar-refractivity contribution < 1.29 is 23.3 Å². The number of carbonyl (C=O) groups is 1. The summed E-state index contributed by atoms with van der Waals surface area (Å²) in [6, 6.07) is 8.45. The van der Waals surface area contributed by atoms with E-state index in [1.807, 2.05) is 0 Å². The lowest BCUT2D eigenvalue weighted by molar-refractivity contribution is -0.387. The Balaban J connectivity index is 1.90. The highest BCUT2D eigenvalue weighted by molar-refractivity contribution is 5.92. The topological polar surface area (TPSA) is 99.7 Å². The molecule has 0 aliphatic heterocycles. The van der Waals surface area contributed by atoms with E-state index in [1.165, 1.54) is 24.3 Å². The third kappa shape index (κ3) is 3.23. The summed E-state index contributed by atoms with van der Waals surface area (Å²) in [5.74, 6) is -1.84. The number of benzene rings is 2. The first-order valence-electron chi connectivity index (χ1n) is 7.06. The van der Waals surface area contributed by atoms with E-state index in [4.69, 9.17) is 9.15 Å². The van der Waals surface area contributed by atoms with E-state index in [9.17, 15) is 24.1 Å². The summed E-state index contributed by atoms with van der Waals surface area (Å²) in [4.78, 5) is 33.1. The molecule has 0 radical (unpaired) electrons. The van der Waals surface area contributed by atoms with Crippen LogP contribution < -0.4 is 10.4 Å². The van der Waals surface area contributed by atoms with Crippen molar-refractivity contribution in [3.8, 4) is 5.75 Å². The van der Waals surface area contributed by atoms with Gasteiger partial charge in [-0.25, -0.2) is 9.59 Å². The number of nitro benzene ring substituents is 1. The molecule has 3 aromatic rings. The average molecular weight is 343 g/mol. The van der Waals surface area contributed by atoms with E-state index >= 15 is 0 Å². The molecule has 1 aromatic heterocycles. The third-order valence-electron chi connectivity index (χ3n) is 3.51. The van der Waals surface area contributed by atoms with Crippen molar-refractivity contribution in [2.24, 2.45) is 0 Å². The summed E-state index contributed by atoms with van der Waals surface area (Å²) in [5.41, 5.74) is -0.403. The molecule has 0 saturated carbocycles. The number of fused-ring (bicyclic) bond motifs is 1. The van der Waals surface area contributed by atoms with Crippen molar-refractivity contribution in [2.45, 2.75) is 6.92 Å². The average Bonchev–Trinajstić information content (AvgIpc) is 2.54. The van der Waals surface area contributed by atoms with Crippen LogP contribution in [0.2, 0.25) is 0 Å². The second-order valence-corrected chi connectivity index (χ2v) is 5.22. The quantitative estimate of drug-likeness (QED) is 0.238. The second-order valence-electron chi connectivity index (χ2n) is 5.22. The molecule has 1 heterocycles. The second kappa shape index (κ2) is 6.16. The first-order chi connectivity index (χ1) is 11.8. The molecule has 25 heavy (non-hydrogen) atoms. The zero-order valence-corrected chi connectivity index (χ0v) is 12.8. The molecule has 0 bridgehead atoms. The van der Waals surface area contributed by atoms with Gasteiger partial charge in [0, 0.05) is 17.5 Å². The maximum atomic E-state index is 13.6. The maximum Gasteiger partial charge on any atom is 0.343 e. The van der Waals surface area contributed by atoms with Gasteiger partial charge in [-0.1, -0.05) is 0 Å². The summed E-state index contributed by atoms with van der Waals surface area (Å²) in [5, 5.41) is 11.2. The molecule has 0 amide bonds. The van der Waals surface area contributed by atoms with Crippen LogP contribution >= 0.6 is 0 Å². The standard InChI is InChI=1S/C17H10FNO6/c1-9-6-16(20)25-15-5-3-11(8-12(9)15)24-17(21)10-2-4-14(19(22)23)13(18)7-10/h2-8H,1H3. The molecule has 0 fully saturated rings. The minimum absolute atomic E-state index is 0.160. The van der Waals surface area contributed by atoms with Crippen LogP contribution in [0.3, 0.4) is 0 Å². The molecule has 0 N–H and O–H groups in total. The molecule has 2 aromatic carbocycles. The highest BCUT2D eigenvalue weighted by atomic mass is 19.1. The fourth-order valence-electron chi connectivity index (χ4n) is 2.31. The summed E-state index contributed by atoms with van der Waals surface area (Å²) in [6.07, 6.45) is 0. The van der Waals surface area contributed by atoms with Crippen molar-refractivity contribution in [3.05, 3.63) is 79.9 Å². The predicted molar refractivity (Wildman–Crippen MR) is 85.2 cm³/mol. The largest absolute Gasteiger partial charge is 0.423 e. The van der Waals surface area contributed by atoms with E-state index in [0.29, 0.717) is 16.5 Å².